The van der Waals surface area contributed by atoms with E-state index in [4.69, 9.17) is 4.74 Å². The number of ether oxygens (including phenoxy) is 1. The summed E-state index contributed by atoms with van der Waals surface area (Å²) in [6.07, 6.45) is 8.53. The second-order valence-electron chi connectivity index (χ2n) is 6.29. The molecule has 120 valence electrons. The largest absolute Gasteiger partial charge is 0.465 e. The lowest BCUT2D eigenvalue weighted by Crippen LogP contribution is -2.47. The third-order valence-electron chi connectivity index (χ3n) is 4.76. The van der Waals surface area contributed by atoms with Crippen LogP contribution in [0.15, 0.2) is 18.3 Å². The number of esters is 1. The maximum absolute atomic E-state index is 11.9. The number of thioether (sulfide) groups is 1. The van der Waals surface area contributed by atoms with Crippen LogP contribution in [0.4, 0.5) is 0 Å². The van der Waals surface area contributed by atoms with Crippen molar-refractivity contribution in [2.75, 3.05) is 26.0 Å². The van der Waals surface area contributed by atoms with Gasteiger partial charge in [0.1, 0.15) is 0 Å². The number of carbonyl (C=O) groups excluding carboxylic acids is 1. The number of aromatic nitrogens is 1. The molecule has 2 aliphatic rings. The molecule has 0 atom stereocenters. The minimum absolute atomic E-state index is 0.290. The van der Waals surface area contributed by atoms with Crippen LogP contribution in [-0.2, 0) is 11.3 Å². The highest BCUT2D eigenvalue weighted by molar-refractivity contribution is 8.00. The SMILES string of the molecule is COC(=O)c1cccnc1CN1CCSC2(CCCCC2)C1. The predicted molar refractivity (Wildman–Crippen MR) is 89.1 cm³/mol. The quantitative estimate of drug-likeness (QED) is 0.801. The summed E-state index contributed by atoms with van der Waals surface area (Å²) in [7, 11) is 1.42. The van der Waals surface area contributed by atoms with E-state index in [9.17, 15) is 4.79 Å². The lowest BCUT2D eigenvalue weighted by molar-refractivity contribution is 0.0597. The number of hydrogen-bond acceptors (Lipinski definition) is 5. The summed E-state index contributed by atoms with van der Waals surface area (Å²) < 4.78 is 5.32. The molecule has 5 heteroatoms. The summed E-state index contributed by atoms with van der Waals surface area (Å²) in [5.74, 6) is 0.891. The molecule has 1 aliphatic heterocycles. The lowest BCUT2D eigenvalue weighted by Gasteiger charge is -2.44. The van der Waals surface area contributed by atoms with Crippen molar-refractivity contribution in [1.82, 2.24) is 9.88 Å². The molecule has 2 heterocycles. The van der Waals surface area contributed by atoms with Crippen molar-refractivity contribution in [2.45, 2.75) is 43.4 Å². The topological polar surface area (TPSA) is 42.4 Å². The zero-order valence-electron chi connectivity index (χ0n) is 13.2. The van der Waals surface area contributed by atoms with Crippen LogP contribution >= 0.6 is 11.8 Å². The van der Waals surface area contributed by atoms with E-state index in [1.54, 1.807) is 12.3 Å². The fourth-order valence-electron chi connectivity index (χ4n) is 3.63. The number of pyridine rings is 1. The Balaban J connectivity index is 1.72. The predicted octanol–water partition coefficient (Wildman–Crippen LogP) is 3.12. The Hall–Kier alpha value is -1.07. The Morgan fingerprint density at radius 1 is 1.41 bits per heavy atom. The van der Waals surface area contributed by atoms with Crippen molar-refractivity contribution < 1.29 is 9.53 Å². The monoisotopic (exact) mass is 320 g/mol. The Bertz CT molecular complexity index is 524. The van der Waals surface area contributed by atoms with Crippen LogP contribution in [0.25, 0.3) is 0 Å². The Kier molecular flexibility index (Phi) is 5.03. The molecule has 1 spiro atoms. The standard InChI is InChI=1S/C17H24N2O2S/c1-21-16(20)14-6-5-9-18-15(14)12-19-10-11-22-17(13-19)7-3-2-4-8-17/h5-6,9H,2-4,7-8,10-13H2,1H3. The number of nitrogens with zero attached hydrogens (tertiary/aromatic N) is 2. The van der Waals surface area contributed by atoms with Gasteiger partial charge in [0, 0.05) is 36.3 Å². The van der Waals surface area contributed by atoms with Gasteiger partial charge in [-0.1, -0.05) is 19.3 Å². The van der Waals surface area contributed by atoms with Crippen molar-refractivity contribution in [3.05, 3.63) is 29.6 Å². The summed E-state index contributed by atoms with van der Waals surface area (Å²) in [6, 6.07) is 3.60. The summed E-state index contributed by atoms with van der Waals surface area (Å²) in [5, 5.41) is 0. The first-order chi connectivity index (χ1) is 10.7. The first kappa shape index (κ1) is 15.8. The maximum atomic E-state index is 11.9. The average Bonchev–Trinajstić information content (AvgIpc) is 2.55. The highest BCUT2D eigenvalue weighted by Gasteiger charge is 2.37. The number of hydrogen-bond donors (Lipinski definition) is 0. The Morgan fingerprint density at radius 2 is 2.23 bits per heavy atom. The van der Waals surface area contributed by atoms with E-state index >= 15 is 0 Å². The molecule has 22 heavy (non-hydrogen) atoms. The highest BCUT2D eigenvalue weighted by atomic mass is 32.2. The normalized spacial score (nSPS) is 21.7. The number of rotatable bonds is 3. The van der Waals surface area contributed by atoms with E-state index in [-0.39, 0.29) is 5.97 Å². The summed E-state index contributed by atoms with van der Waals surface area (Å²) >= 11 is 2.16. The molecule has 0 radical (unpaired) electrons. The third-order valence-corrected chi connectivity index (χ3v) is 6.30. The molecule has 0 unspecified atom stereocenters. The molecule has 0 amide bonds. The molecule has 2 fully saturated rings. The van der Waals surface area contributed by atoms with Gasteiger partial charge in [-0.15, -0.1) is 0 Å². The van der Waals surface area contributed by atoms with Gasteiger partial charge in [-0.2, -0.15) is 11.8 Å². The van der Waals surface area contributed by atoms with Gasteiger partial charge in [-0.05, 0) is 25.0 Å². The molecular formula is C17H24N2O2S. The van der Waals surface area contributed by atoms with Gasteiger partial charge in [-0.25, -0.2) is 4.79 Å². The van der Waals surface area contributed by atoms with Gasteiger partial charge in [0.15, 0.2) is 0 Å². The van der Waals surface area contributed by atoms with Crippen LogP contribution in [0.5, 0.6) is 0 Å². The zero-order valence-corrected chi connectivity index (χ0v) is 14.0. The minimum Gasteiger partial charge on any atom is -0.465 e. The van der Waals surface area contributed by atoms with E-state index in [0.717, 1.165) is 25.3 Å². The van der Waals surface area contributed by atoms with Crippen molar-refractivity contribution in [2.24, 2.45) is 0 Å². The van der Waals surface area contributed by atoms with Gasteiger partial charge < -0.3 is 4.74 Å². The molecular weight excluding hydrogens is 296 g/mol. The molecule has 0 N–H and O–H groups in total. The van der Waals surface area contributed by atoms with Crippen LogP contribution in [-0.4, -0.2) is 46.6 Å². The van der Waals surface area contributed by atoms with Crippen molar-refractivity contribution in [3.63, 3.8) is 0 Å². The van der Waals surface area contributed by atoms with Crippen LogP contribution < -0.4 is 0 Å². The smallest absolute Gasteiger partial charge is 0.339 e. The molecule has 1 saturated heterocycles. The van der Waals surface area contributed by atoms with Crippen LogP contribution in [0.2, 0.25) is 0 Å². The molecule has 1 aromatic heterocycles. The first-order valence-electron chi connectivity index (χ1n) is 8.11. The molecule has 3 rings (SSSR count). The molecule has 0 aromatic carbocycles. The average molecular weight is 320 g/mol. The molecule has 4 nitrogen and oxygen atoms in total. The van der Waals surface area contributed by atoms with Crippen molar-refractivity contribution >= 4 is 17.7 Å². The fraction of sp³-hybridized carbons (Fsp3) is 0.647. The van der Waals surface area contributed by atoms with E-state index in [0.29, 0.717) is 10.3 Å². The Morgan fingerprint density at radius 3 is 3.00 bits per heavy atom. The fourth-order valence-corrected chi connectivity index (χ4v) is 5.26. The van der Waals surface area contributed by atoms with E-state index in [1.807, 2.05) is 6.07 Å². The van der Waals surface area contributed by atoms with Crippen molar-refractivity contribution in [3.8, 4) is 0 Å². The van der Waals surface area contributed by atoms with E-state index < -0.39 is 0 Å². The maximum Gasteiger partial charge on any atom is 0.339 e. The van der Waals surface area contributed by atoms with Crippen LogP contribution in [0, 0.1) is 0 Å². The molecule has 0 bridgehead atoms. The second kappa shape index (κ2) is 7.01. The summed E-state index contributed by atoms with van der Waals surface area (Å²) in [4.78, 5) is 18.8. The van der Waals surface area contributed by atoms with Gasteiger partial charge in [0.25, 0.3) is 0 Å². The van der Waals surface area contributed by atoms with Crippen LogP contribution in [0.1, 0.15) is 48.2 Å². The highest BCUT2D eigenvalue weighted by Crippen LogP contribution is 2.43. The molecule has 1 saturated carbocycles. The second-order valence-corrected chi connectivity index (χ2v) is 7.85. The van der Waals surface area contributed by atoms with Gasteiger partial charge >= 0.3 is 5.97 Å². The number of methoxy groups -OCH3 is 1. The molecule has 1 aromatic rings. The van der Waals surface area contributed by atoms with E-state index in [2.05, 4.69) is 21.6 Å². The minimum atomic E-state index is -0.290. The van der Waals surface area contributed by atoms with Crippen molar-refractivity contribution in [1.29, 1.82) is 0 Å². The lowest BCUT2D eigenvalue weighted by atomic mass is 9.87. The van der Waals surface area contributed by atoms with Gasteiger partial charge in [0.05, 0.1) is 18.4 Å². The third kappa shape index (κ3) is 3.46. The molecule has 1 aliphatic carbocycles. The van der Waals surface area contributed by atoms with E-state index in [1.165, 1.54) is 45.0 Å². The summed E-state index contributed by atoms with van der Waals surface area (Å²) in [5.41, 5.74) is 1.44. The van der Waals surface area contributed by atoms with Crippen LogP contribution in [0.3, 0.4) is 0 Å². The van der Waals surface area contributed by atoms with Gasteiger partial charge in [0.2, 0.25) is 0 Å². The summed E-state index contributed by atoms with van der Waals surface area (Å²) in [6.45, 7) is 2.94. The zero-order chi connectivity index (χ0) is 15.4. The first-order valence-corrected chi connectivity index (χ1v) is 9.09. The Labute approximate surface area is 136 Å². The number of carbonyl (C=O) groups is 1. The van der Waals surface area contributed by atoms with Gasteiger partial charge in [-0.3, -0.25) is 9.88 Å².